The lowest BCUT2D eigenvalue weighted by molar-refractivity contribution is 0.390. The number of nitrogens with two attached hydrogens (primary N) is 1. The van der Waals surface area contributed by atoms with Crippen LogP contribution in [0.2, 0.25) is 0 Å². The van der Waals surface area contributed by atoms with E-state index in [0.29, 0.717) is 0 Å². The third-order valence-electron chi connectivity index (χ3n) is 3.42. The highest BCUT2D eigenvalue weighted by molar-refractivity contribution is 5.30. The van der Waals surface area contributed by atoms with E-state index in [1.807, 2.05) is 12.3 Å². The molecular weight excluding hydrogens is 160 g/mol. The molecule has 1 aromatic heterocycles. The first-order chi connectivity index (χ1) is 6.06. The number of rotatable bonds is 2. The van der Waals surface area contributed by atoms with Crippen LogP contribution in [0.25, 0.3) is 0 Å². The van der Waals surface area contributed by atoms with E-state index in [1.54, 1.807) is 6.20 Å². The molecule has 1 fully saturated rings. The van der Waals surface area contributed by atoms with E-state index in [1.165, 1.54) is 5.56 Å². The summed E-state index contributed by atoms with van der Waals surface area (Å²) in [5.41, 5.74) is 7.54. The summed E-state index contributed by atoms with van der Waals surface area (Å²) < 4.78 is 0. The van der Waals surface area contributed by atoms with Crippen LogP contribution in [0.1, 0.15) is 32.3 Å². The Labute approximate surface area is 79.2 Å². The molecule has 0 radical (unpaired) electrons. The maximum atomic E-state index is 6.23. The lowest BCUT2D eigenvalue weighted by Gasteiger charge is -2.32. The van der Waals surface area contributed by atoms with Crippen LogP contribution in [-0.2, 0) is 5.41 Å². The lowest BCUT2D eigenvalue weighted by atomic mass is 9.77. The van der Waals surface area contributed by atoms with Gasteiger partial charge in [0.15, 0.2) is 0 Å². The van der Waals surface area contributed by atoms with Gasteiger partial charge in [-0.25, -0.2) is 0 Å². The normalized spacial score (nSPS) is 19.9. The van der Waals surface area contributed by atoms with E-state index in [9.17, 15) is 0 Å². The van der Waals surface area contributed by atoms with Gasteiger partial charge in [0.1, 0.15) is 0 Å². The summed E-state index contributed by atoms with van der Waals surface area (Å²) in [4.78, 5) is 4.14. The summed E-state index contributed by atoms with van der Waals surface area (Å²) in [6.07, 6.45) is 5.99. The monoisotopic (exact) mass is 176 g/mol. The first kappa shape index (κ1) is 8.70. The molecule has 1 saturated carbocycles. The fraction of sp³-hybridized carbons (Fsp3) is 0.545. The molecule has 2 N–H and O–H groups in total. The van der Waals surface area contributed by atoms with Crippen LogP contribution < -0.4 is 5.73 Å². The average Bonchev–Trinajstić information content (AvgIpc) is 2.87. The van der Waals surface area contributed by atoms with Gasteiger partial charge in [0.2, 0.25) is 0 Å². The first-order valence-electron chi connectivity index (χ1n) is 4.76. The zero-order chi connectivity index (χ0) is 9.53. The zero-order valence-corrected chi connectivity index (χ0v) is 8.25. The fourth-order valence-electron chi connectivity index (χ4n) is 1.78. The summed E-state index contributed by atoms with van der Waals surface area (Å²) in [5.74, 6) is 0. The molecule has 2 rings (SSSR count). The highest BCUT2D eigenvalue weighted by atomic mass is 14.9. The summed E-state index contributed by atoms with van der Waals surface area (Å²) in [6, 6.07) is 4.09. The number of hydrogen-bond acceptors (Lipinski definition) is 2. The van der Waals surface area contributed by atoms with Crippen molar-refractivity contribution in [1.82, 2.24) is 4.98 Å². The molecule has 2 nitrogen and oxygen atoms in total. The van der Waals surface area contributed by atoms with Crippen LogP contribution in [-0.4, -0.2) is 10.5 Å². The van der Waals surface area contributed by atoms with Crippen LogP contribution in [0.3, 0.4) is 0 Å². The second kappa shape index (κ2) is 2.55. The standard InChI is InChI=1S/C11H16N2/c1-10(2,11(12)5-6-11)9-4-3-7-13-8-9/h3-4,7-8H,5-6,12H2,1-2H3. The Kier molecular flexibility index (Phi) is 1.70. The summed E-state index contributed by atoms with van der Waals surface area (Å²) >= 11 is 0. The molecule has 0 atom stereocenters. The van der Waals surface area contributed by atoms with Gasteiger partial charge in [-0.15, -0.1) is 0 Å². The van der Waals surface area contributed by atoms with E-state index in [2.05, 4.69) is 24.9 Å². The highest BCUT2D eigenvalue weighted by Gasteiger charge is 2.51. The minimum Gasteiger partial charge on any atom is -0.324 e. The second-order valence-electron chi connectivity index (χ2n) is 4.52. The van der Waals surface area contributed by atoms with E-state index < -0.39 is 0 Å². The molecule has 0 saturated heterocycles. The summed E-state index contributed by atoms with van der Waals surface area (Å²) in [7, 11) is 0. The van der Waals surface area contributed by atoms with E-state index in [4.69, 9.17) is 5.73 Å². The maximum absolute atomic E-state index is 6.23. The molecule has 1 aliphatic carbocycles. The Bertz CT molecular complexity index is 299. The van der Waals surface area contributed by atoms with Crippen LogP contribution in [0.5, 0.6) is 0 Å². The van der Waals surface area contributed by atoms with Crippen molar-refractivity contribution in [2.45, 2.75) is 37.6 Å². The zero-order valence-electron chi connectivity index (χ0n) is 8.25. The molecular formula is C11H16N2. The van der Waals surface area contributed by atoms with Crippen molar-refractivity contribution in [3.8, 4) is 0 Å². The van der Waals surface area contributed by atoms with Gasteiger partial charge in [0.25, 0.3) is 0 Å². The average molecular weight is 176 g/mol. The van der Waals surface area contributed by atoms with Gasteiger partial charge in [0.05, 0.1) is 0 Å². The third-order valence-corrected chi connectivity index (χ3v) is 3.42. The van der Waals surface area contributed by atoms with Gasteiger partial charge >= 0.3 is 0 Å². The Morgan fingerprint density at radius 1 is 1.46 bits per heavy atom. The third kappa shape index (κ3) is 1.25. The van der Waals surface area contributed by atoms with E-state index in [-0.39, 0.29) is 11.0 Å². The molecule has 1 aliphatic rings. The Morgan fingerprint density at radius 2 is 2.15 bits per heavy atom. The molecule has 70 valence electrons. The Hall–Kier alpha value is -0.890. The minimum absolute atomic E-state index is 0.00995. The minimum atomic E-state index is 0.00995. The topological polar surface area (TPSA) is 38.9 Å². The van der Waals surface area contributed by atoms with Crippen molar-refractivity contribution in [2.24, 2.45) is 5.73 Å². The van der Waals surface area contributed by atoms with Crippen molar-refractivity contribution in [1.29, 1.82) is 0 Å². The lowest BCUT2D eigenvalue weighted by Crippen LogP contribution is -2.43. The van der Waals surface area contributed by atoms with Gasteiger partial charge < -0.3 is 5.73 Å². The summed E-state index contributed by atoms with van der Waals surface area (Å²) in [5, 5.41) is 0. The number of pyridine rings is 1. The Balaban J connectivity index is 2.35. The predicted molar refractivity (Wildman–Crippen MR) is 53.4 cm³/mol. The molecule has 0 spiro atoms. The molecule has 0 amide bonds. The molecule has 0 unspecified atom stereocenters. The van der Waals surface area contributed by atoms with E-state index >= 15 is 0 Å². The van der Waals surface area contributed by atoms with E-state index in [0.717, 1.165) is 12.8 Å². The summed E-state index contributed by atoms with van der Waals surface area (Å²) in [6.45, 7) is 4.41. The molecule has 1 heterocycles. The van der Waals surface area contributed by atoms with Crippen LogP contribution in [0, 0.1) is 0 Å². The van der Waals surface area contributed by atoms with Gasteiger partial charge in [-0.3, -0.25) is 4.98 Å². The molecule has 0 bridgehead atoms. The maximum Gasteiger partial charge on any atom is 0.0306 e. The van der Waals surface area contributed by atoms with Crippen LogP contribution >= 0.6 is 0 Å². The molecule has 13 heavy (non-hydrogen) atoms. The fourth-order valence-corrected chi connectivity index (χ4v) is 1.78. The SMILES string of the molecule is CC(C)(c1cccnc1)C1(N)CC1. The van der Waals surface area contributed by atoms with Gasteiger partial charge in [-0.2, -0.15) is 0 Å². The number of aromatic nitrogens is 1. The van der Waals surface area contributed by atoms with Crippen molar-refractivity contribution in [3.05, 3.63) is 30.1 Å². The van der Waals surface area contributed by atoms with Gasteiger partial charge in [-0.1, -0.05) is 19.9 Å². The second-order valence-corrected chi connectivity index (χ2v) is 4.52. The van der Waals surface area contributed by atoms with Gasteiger partial charge in [0, 0.05) is 23.3 Å². The molecule has 1 aromatic rings. The smallest absolute Gasteiger partial charge is 0.0306 e. The largest absolute Gasteiger partial charge is 0.324 e. The molecule has 0 aromatic carbocycles. The highest BCUT2D eigenvalue weighted by Crippen LogP contribution is 2.48. The molecule has 0 aliphatic heterocycles. The van der Waals surface area contributed by atoms with Crippen molar-refractivity contribution in [3.63, 3.8) is 0 Å². The Morgan fingerprint density at radius 3 is 2.62 bits per heavy atom. The van der Waals surface area contributed by atoms with Crippen molar-refractivity contribution >= 4 is 0 Å². The van der Waals surface area contributed by atoms with Crippen LogP contribution in [0.15, 0.2) is 24.5 Å². The van der Waals surface area contributed by atoms with Crippen molar-refractivity contribution < 1.29 is 0 Å². The van der Waals surface area contributed by atoms with Crippen LogP contribution in [0.4, 0.5) is 0 Å². The van der Waals surface area contributed by atoms with Gasteiger partial charge in [-0.05, 0) is 24.5 Å². The quantitative estimate of drug-likeness (QED) is 0.747. The molecule has 2 heteroatoms. The predicted octanol–water partition coefficient (Wildman–Crippen LogP) is 1.85. The number of hydrogen-bond donors (Lipinski definition) is 1. The number of nitrogens with zero attached hydrogens (tertiary/aromatic N) is 1. The van der Waals surface area contributed by atoms with Crippen molar-refractivity contribution in [2.75, 3.05) is 0 Å². The first-order valence-corrected chi connectivity index (χ1v) is 4.76.